The third kappa shape index (κ3) is 2.10. The van der Waals surface area contributed by atoms with E-state index in [0.717, 1.165) is 12.2 Å². The van der Waals surface area contributed by atoms with Gasteiger partial charge in [0.2, 0.25) is 0 Å². The average Bonchev–Trinajstić information content (AvgIpc) is 2.42. The van der Waals surface area contributed by atoms with E-state index in [-0.39, 0.29) is 0 Å². The molecule has 0 radical (unpaired) electrons. The molecule has 0 aliphatic rings. The Morgan fingerprint density at radius 3 is 2.75 bits per heavy atom. The van der Waals surface area contributed by atoms with E-state index < -0.39 is 0 Å². The van der Waals surface area contributed by atoms with Crippen molar-refractivity contribution in [3.63, 3.8) is 0 Å². The van der Waals surface area contributed by atoms with Crippen LogP contribution in [0, 0.1) is 6.92 Å². The molecular formula is C10H18N2. The molecular weight excluding hydrogens is 148 g/mol. The first-order valence-corrected chi connectivity index (χ1v) is 4.81. The minimum Gasteiger partial charge on any atom is -0.270 e. The fourth-order valence-corrected chi connectivity index (χ4v) is 1.43. The lowest BCUT2D eigenvalue weighted by Gasteiger charge is -2.02. The largest absolute Gasteiger partial charge is 0.270 e. The fraction of sp³-hybridized carbons (Fsp3) is 0.700. The monoisotopic (exact) mass is 166 g/mol. The highest BCUT2D eigenvalue weighted by Gasteiger charge is 2.01. The Labute approximate surface area is 74.6 Å². The van der Waals surface area contributed by atoms with Gasteiger partial charge in [-0.05, 0) is 32.8 Å². The Balaban J connectivity index is 2.68. The fourth-order valence-electron chi connectivity index (χ4n) is 1.43. The van der Waals surface area contributed by atoms with Crippen LogP contribution >= 0.6 is 0 Å². The second-order valence-electron chi connectivity index (χ2n) is 3.20. The number of unbranched alkanes of at least 4 members (excludes halogenated alkanes) is 1. The second kappa shape index (κ2) is 4.29. The van der Waals surface area contributed by atoms with Crippen LogP contribution in [0.2, 0.25) is 0 Å². The zero-order valence-electron chi connectivity index (χ0n) is 8.30. The van der Waals surface area contributed by atoms with Crippen molar-refractivity contribution in [2.24, 2.45) is 0 Å². The number of aromatic nitrogens is 2. The third-order valence-corrected chi connectivity index (χ3v) is 2.07. The molecule has 1 rings (SSSR count). The molecule has 0 aliphatic heterocycles. The lowest BCUT2D eigenvalue weighted by molar-refractivity contribution is 0.604. The molecule has 0 saturated carbocycles. The molecule has 2 heteroatoms. The van der Waals surface area contributed by atoms with Crippen molar-refractivity contribution in [3.8, 4) is 0 Å². The van der Waals surface area contributed by atoms with E-state index >= 15 is 0 Å². The highest BCUT2D eigenvalue weighted by atomic mass is 15.3. The molecule has 1 aromatic rings. The molecule has 0 fully saturated rings. The van der Waals surface area contributed by atoms with Gasteiger partial charge in [0.1, 0.15) is 0 Å². The van der Waals surface area contributed by atoms with Gasteiger partial charge in [0.25, 0.3) is 0 Å². The summed E-state index contributed by atoms with van der Waals surface area (Å²) in [5, 5.41) is 4.40. The van der Waals surface area contributed by atoms with Crippen molar-refractivity contribution < 1.29 is 0 Å². The van der Waals surface area contributed by atoms with Crippen molar-refractivity contribution in [2.75, 3.05) is 0 Å². The van der Waals surface area contributed by atoms with Crippen LogP contribution in [0.5, 0.6) is 0 Å². The van der Waals surface area contributed by atoms with Crippen molar-refractivity contribution in [1.29, 1.82) is 0 Å². The Bertz CT molecular complexity index is 238. The second-order valence-corrected chi connectivity index (χ2v) is 3.20. The van der Waals surface area contributed by atoms with Gasteiger partial charge in [0.05, 0.1) is 5.69 Å². The van der Waals surface area contributed by atoms with E-state index in [2.05, 4.69) is 36.6 Å². The molecule has 1 heterocycles. The summed E-state index contributed by atoms with van der Waals surface area (Å²) in [6.45, 7) is 7.41. The molecule has 12 heavy (non-hydrogen) atoms. The van der Waals surface area contributed by atoms with E-state index in [0.29, 0.717) is 0 Å². The standard InChI is InChI=1S/C10H18N2/c1-4-6-7-10-8-9(3)11-12(10)5-2/h8H,4-7H2,1-3H3. The van der Waals surface area contributed by atoms with Gasteiger partial charge in [0.15, 0.2) is 0 Å². The first-order chi connectivity index (χ1) is 5.77. The van der Waals surface area contributed by atoms with Gasteiger partial charge in [0, 0.05) is 12.2 Å². The van der Waals surface area contributed by atoms with Crippen molar-refractivity contribution in [1.82, 2.24) is 9.78 Å². The van der Waals surface area contributed by atoms with Gasteiger partial charge in [-0.15, -0.1) is 0 Å². The number of nitrogens with zero attached hydrogens (tertiary/aromatic N) is 2. The highest BCUT2D eigenvalue weighted by molar-refractivity contribution is 5.08. The summed E-state index contributed by atoms with van der Waals surface area (Å²) in [7, 11) is 0. The van der Waals surface area contributed by atoms with Crippen molar-refractivity contribution in [2.45, 2.75) is 46.6 Å². The van der Waals surface area contributed by atoms with Gasteiger partial charge < -0.3 is 0 Å². The van der Waals surface area contributed by atoms with E-state index in [1.165, 1.54) is 25.0 Å². The topological polar surface area (TPSA) is 17.8 Å². The molecule has 2 nitrogen and oxygen atoms in total. The van der Waals surface area contributed by atoms with Gasteiger partial charge >= 0.3 is 0 Å². The Hall–Kier alpha value is -0.790. The highest BCUT2D eigenvalue weighted by Crippen LogP contribution is 2.07. The van der Waals surface area contributed by atoms with E-state index in [9.17, 15) is 0 Å². The van der Waals surface area contributed by atoms with Gasteiger partial charge in [-0.3, -0.25) is 4.68 Å². The van der Waals surface area contributed by atoms with E-state index in [1.807, 2.05) is 0 Å². The summed E-state index contributed by atoms with van der Waals surface area (Å²) in [5.41, 5.74) is 2.53. The number of rotatable bonds is 4. The summed E-state index contributed by atoms with van der Waals surface area (Å²) >= 11 is 0. The minimum absolute atomic E-state index is 0.993. The predicted molar refractivity (Wildman–Crippen MR) is 51.3 cm³/mol. The number of hydrogen-bond donors (Lipinski definition) is 0. The molecule has 0 aromatic carbocycles. The first-order valence-electron chi connectivity index (χ1n) is 4.81. The van der Waals surface area contributed by atoms with E-state index in [4.69, 9.17) is 0 Å². The Morgan fingerprint density at radius 2 is 2.17 bits per heavy atom. The number of aryl methyl sites for hydroxylation is 3. The molecule has 0 amide bonds. The third-order valence-electron chi connectivity index (χ3n) is 2.07. The summed E-state index contributed by atoms with van der Waals surface area (Å²) in [6.07, 6.45) is 3.70. The van der Waals surface area contributed by atoms with E-state index in [1.54, 1.807) is 0 Å². The Morgan fingerprint density at radius 1 is 1.42 bits per heavy atom. The Kier molecular flexibility index (Phi) is 3.32. The molecule has 0 atom stereocenters. The van der Waals surface area contributed by atoms with Crippen molar-refractivity contribution >= 4 is 0 Å². The lowest BCUT2D eigenvalue weighted by atomic mass is 10.2. The van der Waals surface area contributed by atoms with Crippen LogP contribution in [0.1, 0.15) is 38.1 Å². The first kappa shape index (κ1) is 9.30. The summed E-state index contributed by atoms with van der Waals surface area (Å²) in [4.78, 5) is 0. The number of hydrogen-bond acceptors (Lipinski definition) is 1. The SMILES string of the molecule is CCCCc1cc(C)nn1CC. The maximum atomic E-state index is 4.40. The molecule has 0 spiro atoms. The van der Waals surface area contributed by atoms with Crippen LogP contribution in [0.15, 0.2) is 6.07 Å². The molecule has 0 bridgehead atoms. The summed E-state index contributed by atoms with van der Waals surface area (Å²) in [5.74, 6) is 0. The van der Waals surface area contributed by atoms with Gasteiger partial charge in [-0.1, -0.05) is 13.3 Å². The average molecular weight is 166 g/mol. The predicted octanol–water partition coefficient (Wildman–Crippen LogP) is 2.55. The maximum Gasteiger partial charge on any atom is 0.0596 e. The van der Waals surface area contributed by atoms with Crippen molar-refractivity contribution in [3.05, 3.63) is 17.5 Å². The maximum absolute atomic E-state index is 4.40. The molecule has 0 aliphatic carbocycles. The summed E-state index contributed by atoms with van der Waals surface area (Å²) in [6, 6.07) is 2.19. The smallest absolute Gasteiger partial charge is 0.0596 e. The molecule has 0 saturated heterocycles. The zero-order valence-corrected chi connectivity index (χ0v) is 8.30. The van der Waals surface area contributed by atoms with Gasteiger partial charge in [-0.2, -0.15) is 5.10 Å². The zero-order chi connectivity index (χ0) is 8.97. The van der Waals surface area contributed by atoms with Crippen LogP contribution in [0.25, 0.3) is 0 Å². The normalized spacial score (nSPS) is 10.6. The van der Waals surface area contributed by atoms with Crippen LogP contribution in [-0.4, -0.2) is 9.78 Å². The minimum atomic E-state index is 0.993. The quantitative estimate of drug-likeness (QED) is 0.672. The molecule has 0 N–H and O–H groups in total. The summed E-state index contributed by atoms with van der Waals surface area (Å²) < 4.78 is 2.10. The molecule has 1 aromatic heterocycles. The molecule has 68 valence electrons. The molecule has 0 unspecified atom stereocenters. The van der Waals surface area contributed by atoms with Crippen LogP contribution in [0.4, 0.5) is 0 Å². The van der Waals surface area contributed by atoms with Crippen LogP contribution in [0.3, 0.4) is 0 Å². The van der Waals surface area contributed by atoms with Crippen LogP contribution in [-0.2, 0) is 13.0 Å². The van der Waals surface area contributed by atoms with Crippen LogP contribution < -0.4 is 0 Å². The lowest BCUT2D eigenvalue weighted by Crippen LogP contribution is -2.02. The van der Waals surface area contributed by atoms with Gasteiger partial charge in [-0.25, -0.2) is 0 Å².